The molecule has 0 spiro atoms. The van der Waals surface area contributed by atoms with Gasteiger partial charge < -0.3 is 25.2 Å². The van der Waals surface area contributed by atoms with E-state index in [9.17, 15) is 19.8 Å². The number of fused-ring (bicyclic) bond motifs is 3. The van der Waals surface area contributed by atoms with Gasteiger partial charge in [-0.2, -0.15) is 0 Å². The van der Waals surface area contributed by atoms with Gasteiger partial charge in [0.05, 0.1) is 18.6 Å². The molecule has 0 radical (unpaired) electrons. The molecule has 1 aliphatic carbocycles. The summed E-state index contributed by atoms with van der Waals surface area (Å²) < 4.78 is 6.19. The highest BCUT2D eigenvalue weighted by atomic mass is 16.5. The summed E-state index contributed by atoms with van der Waals surface area (Å²) in [6.45, 7) is 2.42. The predicted molar refractivity (Wildman–Crippen MR) is 142 cm³/mol. The second kappa shape index (κ2) is 12.9. The monoisotopic (exact) mass is 506 g/mol. The maximum Gasteiger partial charge on any atom is 0.247 e. The maximum absolute atomic E-state index is 13.6. The van der Waals surface area contributed by atoms with Crippen molar-refractivity contribution in [2.75, 3.05) is 13.2 Å². The van der Waals surface area contributed by atoms with Crippen LogP contribution in [0, 0.1) is 0 Å². The number of amides is 2. The summed E-state index contributed by atoms with van der Waals surface area (Å²) in [6, 6.07) is 16.5. The van der Waals surface area contributed by atoms with Gasteiger partial charge in [-0.1, -0.05) is 81.1 Å². The molecule has 1 heterocycles. The number of para-hydroxylation sites is 1. The molecule has 2 aromatic carbocycles. The average molecular weight is 507 g/mol. The first-order valence-electron chi connectivity index (χ1n) is 13.4. The lowest BCUT2D eigenvalue weighted by Crippen LogP contribution is -2.55. The topological polar surface area (TPSA) is 99.1 Å². The molecule has 7 nitrogen and oxygen atoms in total. The number of unbranched alkanes of at least 4 members (excludes halogenated alkanes) is 4. The molecular formula is C30H38N2O5. The van der Waals surface area contributed by atoms with E-state index in [1.807, 2.05) is 54.6 Å². The van der Waals surface area contributed by atoms with Crippen molar-refractivity contribution >= 4 is 11.8 Å². The second-order valence-electron chi connectivity index (χ2n) is 9.85. The largest absolute Gasteiger partial charge is 0.486 e. The van der Waals surface area contributed by atoms with Crippen molar-refractivity contribution in [2.45, 2.75) is 76.2 Å². The lowest BCUT2D eigenvalue weighted by Gasteiger charge is -2.41. The van der Waals surface area contributed by atoms with Gasteiger partial charge in [0.1, 0.15) is 18.0 Å². The molecule has 0 bridgehead atoms. The highest BCUT2D eigenvalue weighted by Gasteiger charge is 2.50. The number of hydrogen-bond donors (Lipinski definition) is 3. The first kappa shape index (κ1) is 26.9. The number of benzene rings is 2. The number of rotatable bonds is 12. The van der Waals surface area contributed by atoms with E-state index in [0.717, 1.165) is 43.2 Å². The fraction of sp³-hybridized carbons (Fsp3) is 0.467. The summed E-state index contributed by atoms with van der Waals surface area (Å²) in [5, 5.41) is 23.6. The van der Waals surface area contributed by atoms with Gasteiger partial charge in [0.2, 0.25) is 11.8 Å². The molecule has 0 fully saturated rings. The number of carbonyl (C=O) groups is 2. The summed E-state index contributed by atoms with van der Waals surface area (Å²) in [7, 11) is 0. The zero-order chi connectivity index (χ0) is 26.2. The molecule has 37 heavy (non-hydrogen) atoms. The van der Waals surface area contributed by atoms with Crippen LogP contribution in [0.15, 0.2) is 66.2 Å². The van der Waals surface area contributed by atoms with Crippen LogP contribution in [0.25, 0.3) is 0 Å². The molecule has 4 atom stereocenters. The predicted octanol–water partition coefficient (Wildman–Crippen LogP) is 3.70. The molecule has 0 saturated heterocycles. The summed E-state index contributed by atoms with van der Waals surface area (Å²) >= 11 is 0. The van der Waals surface area contributed by atoms with Gasteiger partial charge in [-0.05, 0) is 24.1 Å². The van der Waals surface area contributed by atoms with Crippen LogP contribution in [0.5, 0.6) is 5.75 Å². The van der Waals surface area contributed by atoms with E-state index in [-0.39, 0.29) is 25.0 Å². The Kier molecular flexibility index (Phi) is 9.36. The molecule has 2 aromatic rings. The minimum atomic E-state index is -1.01. The summed E-state index contributed by atoms with van der Waals surface area (Å²) in [4.78, 5) is 28.5. The average Bonchev–Trinajstić information content (AvgIpc) is 3.31. The van der Waals surface area contributed by atoms with Crippen molar-refractivity contribution in [3.63, 3.8) is 0 Å². The molecule has 2 aliphatic rings. The zero-order valence-electron chi connectivity index (χ0n) is 21.5. The van der Waals surface area contributed by atoms with E-state index in [1.54, 1.807) is 11.0 Å². The van der Waals surface area contributed by atoms with E-state index >= 15 is 0 Å². The zero-order valence-corrected chi connectivity index (χ0v) is 21.5. The molecule has 0 saturated carbocycles. The highest BCUT2D eigenvalue weighted by Crippen LogP contribution is 2.47. The highest BCUT2D eigenvalue weighted by molar-refractivity contribution is 5.96. The summed E-state index contributed by atoms with van der Waals surface area (Å²) in [6.07, 6.45) is 5.57. The van der Waals surface area contributed by atoms with Gasteiger partial charge in [0.15, 0.2) is 0 Å². The molecule has 2 amide bonds. The first-order chi connectivity index (χ1) is 18.0. The molecule has 7 heteroatoms. The Balaban J connectivity index is 1.66. The van der Waals surface area contributed by atoms with Gasteiger partial charge in [0, 0.05) is 30.6 Å². The van der Waals surface area contributed by atoms with Crippen LogP contribution in [0.1, 0.15) is 62.5 Å². The number of aliphatic hydroxyl groups excluding tert-OH is 2. The standard InChI is InChI=1S/C30H38N2O5/c1-2-3-4-5-9-16-26(34)32(20-21-12-7-6-8-13-21)24-19-23(30(36)31-17-18-33)27-22-14-10-11-15-25(22)37-29(27)28(24)35/h6-8,10-15,19,24,27-29,33,35H,2-5,9,16-18,20H2,1H3,(H,31,36). The summed E-state index contributed by atoms with van der Waals surface area (Å²) in [5.74, 6) is -0.198. The van der Waals surface area contributed by atoms with Crippen LogP contribution in [0.2, 0.25) is 0 Å². The maximum atomic E-state index is 13.6. The fourth-order valence-electron chi connectivity index (χ4n) is 5.35. The summed E-state index contributed by atoms with van der Waals surface area (Å²) in [5.41, 5.74) is 2.24. The first-order valence-corrected chi connectivity index (χ1v) is 13.4. The Morgan fingerprint density at radius 3 is 2.49 bits per heavy atom. The van der Waals surface area contributed by atoms with E-state index < -0.39 is 24.2 Å². The molecule has 4 unspecified atom stereocenters. The number of hydrogen-bond acceptors (Lipinski definition) is 5. The lowest BCUT2D eigenvalue weighted by molar-refractivity contribution is -0.138. The number of carbonyl (C=O) groups excluding carboxylic acids is 2. The van der Waals surface area contributed by atoms with Crippen LogP contribution in [0.3, 0.4) is 0 Å². The molecule has 3 N–H and O–H groups in total. The Bertz CT molecular complexity index is 1090. The van der Waals surface area contributed by atoms with E-state index in [2.05, 4.69) is 12.2 Å². The van der Waals surface area contributed by atoms with Crippen molar-refractivity contribution in [1.82, 2.24) is 10.2 Å². The quantitative estimate of drug-likeness (QED) is 0.381. The van der Waals surface area contributed by atoms with Crippen molar-refractivity contribution in [3.8, 4) is 5.75 Å². The minimum absolute atomic E-state index is 0.0512. The van der Waals surface area contributed by atoms with E-state index in [1.165, 1.54) is 0 Å². The van der Waals surface area contributed by atoms with Crippen molar-refractivity contribution in [3.05, 3.63) is 77.4 Å². The third-order valence-corrected chi connectivity index (χ3v) is 7.25. The van der Waals surface area contributed by atoms with Crippen LogP contribution in [-0.4, -0.2) is 58.3 Å². The molecular weight excluding hydrogens is 468 g/mol. The van der Waals surface area contributed by atoms with Gasteiger partial charge in [-0.3, -0.25) is 9.59 Å². The van der Waals surface area contributed by atoms with Gasteiger partial charge in [0.25, 0.3) is 0 Å². The van der Waals surface area contributed by atoms with E-state index in [0.29, 0.717) is 24.3 Å². The second-order valence-corrected chi connectivity index (χ2v) is 9.85. The fourth-order valence-corrected chi connectivity index (χ4v) is 5.35. The van der Waals surface area contributed by atoms with Gasteiger partial charge >= 0.3 is 0 Å². The van der Waals surface area contributed by atoms with Gasteiger partial charge in [-0.25, -0.2) is 0 Å². The Morgan fingerprint density at radius 1 is 1.00 bits per heavy atom. The van der Waals surface area contributed by atoms with Crippen molar-refractivity contribution in [1.29, 1.82) is 0 Å². The van der Waals surface area contributed by atoms with Crippen LogP contribution in [-0.2, 0) is 16.1 Å². The number of aliphatic hydroxyl groups is 2. The van der Waals surface area contributed by atoms with Crippen molar-refractivity contribution in [2.24, 2.45) is 0 Å². The Hall–Kier alpha value is -3.16. The normalized spacial score (nSPS) is 21.9. The van der Waals surface area contributed by atoms with Crippen LogP contribution < -0.4 is 10.1 Å². The third-order valence-electron chi connectivity index (χ3n) is 7.25. The minimum Gasteiger partial charge on any atom is -0.486 e. The SMILES string of the molecule is CCCCCCCC(=O)N(Cc1ccccc1)C1C=C(C(=O)NCCO)C2c3ccccc3OC2C1O. The van der Waals surface area contributed by atoms with Crippen LogP contribution >= 0.6 is 0 Å². The smallest absolute Gasteiger partial charge is 0.247 e. The number of nitrogens with one attached hydrogen (secondary N) is 1. The molecule has 1 aliphatic heterocycles. The lowest BCUT2D eigenvalue weighted by atomic mass is 9.77. The molecule has 4 rings (SSSR count). The number of nitrogens with zero attached hydrogens (tertiary/aromatic N) is 1. The van der Waals surface area contributed by atoms with Crippen LogP contribution in [0.4, 0.5) is 0 Å². The third kappa shape index (κ3) is 6.22. The Morgan fingerprint density at radius 2 is 1.73 bits per heavy atom. The van der Waals surface area contributed by atoms with Crippen molar-refractivity contribution < 1.29 is 24.5 Å². The van der Waals surface area contributed by atoms with E-state index in [4.69, 9.17) is 4.74 Å². The number of ether oxygens (including phenoxy) is 1. The Labute approximate surface area is 219 Å². The van der Waals surface area contributed by atoms with Gasteiger partial charge in [-0.15, -0.1) is 0 Å². The molecule has 0 aromatic heterocycles. The molecule has 198 valence electrons.